The van der Waals surface area contributed by atoms with Gasteiger partial charge in [0.05, 0.1) is 15.7 Å². The number of amides is 1. The number of carbonyl (C=O) groups is 1. The summed E-state index contributed by atoms with van der Waals surface area (Å²) in [6, 6.07) is 4.98. The first kappa shape index (κ1) is 11.6. The summed E-state index contributed by atoms with van der Waals surface area (Å²) < 4.78 is 0. The monoisotopic (exact) mass is 251 g/mol. The molecule has 14 heavy (non-hydrogen) atoms. The van der Waals surface area contributed by atoms with Crippen LogP contribution in [0.1, 0.15) is 6.92 Å². The van der Waals surface area contributed by atoms with Crippen molar-refractivity contribution < 1.29 is 4.79 Å². The fourth-order valence-corrected chi connectivity index (χ4v) is 1.39. The number of para-hydroxylation sites is 1. The van der Waals surface area contributed by atoms with E-state index in [2.05, 4.69) is 5.32 Å². The second kappa shape index (κ2) is 4.87. The molecule has 76 valence electrons. The Kier molecular flexibility index (Phi) is 4.05. The fourth-order valence-electron chi connectivity index (χ4n) is 0.840. The lowest BCUT2D eigenvalue weighted by molar-refractivity contribution is -0.115. The highest BCUT2D eigenvalue weighted by molar-refractivity contribution is 6.40. The summed E-state index contributed by atoms with van der Waals surface area (Å²) in [5.74, 6) is -0.332. The molecule has 0 heterocycles. The zero-order valence-corrected chi connectivity index (χ0v) is 9.62. The van der Waals surface area contributed by atoms with E-state index in [-0.39, 0.29) is 5.91 Å². The van der Waals surface area contributed by atoms with Crippen LogP contribution in [0.4, 0.5) is 5.69 Å². The molecule has 1 unspecified atom stereocenters. The first-order chi connectivity index (χ1) is 6.52. The molecule has 0 bridgehead atoms. The Morgan fingerprint density at radius 3 is 2.29 bits per heavy atom. The predicted molar refractivity (Wildman–Crippen MR) is 60.4 cm³/mol. The number of benzene rings is 1. The molecule has 0 aliphatic carbocycles. The van der Waals surface area contributed by atoms with Crippen LogP contribution in [0.25, 0.3) is 0 Å². The molecule has 5 heteroatoms. The van der Waals surface area contributed by atoms with E-state index in [0.717, 1.165) is 0 Å². The molecule has 0 spiro atoms. The molecule has 0 saturated heterocycles. The molecule has 1 aromatic rings. The molecule has 1 amide bonds. The molecule has 1 rings (SSSR count). The molecule has 0 aliphatic heterocycles. The zero-order valence-electron chi connectivity index (χ0n) is 7.35. The van der Waals surface area contributed by atoms with E-state index >= 15 is 0 Å². The number of halogens is 3. The third-order valence-electron chi connectivity index (χ3n) is 1.57. The Morgan fingerprint density at radius 1 is 1.36 bits per heavy atom. The van der Waals surface area contributed by atoms with E-state index in [4.69, 9.17) is 34.8 Å². The third-order valence-corrected chi connectivity index (χ3v) is 2.40. The zero-order chi connectivity index (χ0) is 10.7. The lowest BCUT2D eigenvalue weighted by Crippen LogP contribution is -2.20. The lowest BCUT2D eigenvalue weighted by atomic mass is 10.3. The molecule has 2 nitrogen and oxygen atoms in total. The first-order valence-electron chi connectivity index (χ1n) is 3.91. The number of hydrogen-bond acceptors (Lipinski definition) is 1. The number of alkyl halides is 1. The highest BCUT2D eigenvalue weighted by atomic mass is 35.5. The van der Waals surface area contributed by atoms with Gasteiger partial charge in [0.1, 0.15) is 5.38 Å². The number of rotatable bonds is 2. The summed E-state index contributed by atoms with van der Waals surface area (Å²) >= 11 is 17.3. The van der Waals surface area contributed by atoms with Gasteiger partial charge in [-0.2, -0.15) is 0 Å². The highest BCUT2D eigenvalue weighted by Gasteiger charge is 2.13. The minimum absolute atomic E-state index is 0.332. The molecule has 0 radical (unpaired) electrons. The van der Waals surface area contributed by atoms with E-state index < -0.39 is 5.38 Å². The van der Waals surface area contributed by atoms with Crippen molar-refractivity contribution in [2.75, 3.05) is 5.32 Å². The molecule has 1 N–H and O–H groups in total. The average molecular weight is 253 g/mol. The van der Waals surface area contributed by atoms with E-state index in [1.54, 1.807) is 25.1 Å². The number of hydrogen-bond donors (Lipinski definition) is 1. The molecular formula is C9H8Cl3NO. The van der Waals surface area contributed by atoms with Gasteiger partial charge in [-0.3, -0.25) is 4.79 Å². The van der Waals surface area contributed by atoms with E-state index in [1.807, 2.05) is 0 Å². The van der Waals surface area contributed by atoms with Crippen molar-refractivity contribution >= 4 is 46.4 Å². The van der Waals surface area contributed by atoms with Crippen molar-refractivity contribution in [1.82, 2.24) is 0 Å². The summed E-state index contributed by atoms with van der Waals surface area (Å²) in [4.78, 5) is 11.3. The normalized spacial score (nSPS) is 12.3. The van der Waals surface area contributed by atoms with Gasteiger partial charge < -0.3 is 5.32 Å². The SMILES string of the molecule is CC(Cl)C(=O)Nc1c(Cl)cccc1Cl. The largest absolute Gasteiger partial charge is 0.322 e. The third kappa shape index (κ3) is 2.77. The van der Waals surface area contributed by atoms with Gasteiger partial charge in [0, 0.05) is 0 Å². The van der Waals surface area contributed by atoms with Crippen LogP contribution < -0.4 is 5.32 Å². The van der Waals surface area contributed by atoms with Crippen LogP contribution in [0.5, 0.6) is 0 Å². The summed E-state index contributed by atoms with van der Waals surface area (Å²) in [7, 11) is 0. The first-order valence-corrected chi connectivity index (χ1v) is 5.10. The van der Waals surface area contributed by atoms with Crippen LogP contribution in [0.3, 0.4) is 0 Å². The number of anilines is 1. The van der Waals surface area contributed by atoms with Crippen molar-refractivity contribution in [3.63, 3.8) is 0 Å². The smallest absolute Gasteiger partial charge is 0.242 e. The Bertz CT molecular complexity index is 332. The van der Waals surface area contributed by atoms with Gasteiger partial charge in [0.15, 0.2) is 0 Å². The Hall–Kier alpha value is -0.440. The second-order valence-electron chi connectivity index (χ2n) is 2.70. The quantitative estimate of drug-likeness (QED) is 0.801. The standard InChI is InChI=1S/C9H8Cl3NO/c1-5(10)9(14)13-8-6(11)3-2-4-7(8)12/h2-5H,1H3,(H,13,14). The van der Waals surface area contributed by atoms with Crippen molar-refractivity contribution in [1.29, 1.82) is 0 Å². The van der Waals surface area contributed by atoms with Crippen LogP contribution in [0.15, 0.2) is 18.2 Å². The molecule has 0 aromatic heterocycles. The predicted octanol–water partition coefficient (Wildman–Crippen LogP) is 3.56. The fraction of sp³-hybridized carbons (Fsp3) is 0.222. The summed E-state index contributed by atoms with van der Waals surface area (Å²) in [6.07, 6.45) is 0. The van der Waals surface area contributed by atoms with Crippen LogP contribution in [-0.2, 0) is 4.79 Å². The molecule has 0 fully saturated rings. The van der Waals surface area contributed by atoms with E-state index in [1.165, 1.54) is 0 Å². The van der Waals surface area contributed by atoms with Crippen LogP contribution >= 0.6 is 34.8 Å². The van der Waals surface area contributed by atoms with Crippen molar-refractivity contribution in [2.45, 2.75) is 12.3 Å². The lowest BCUT2D eigenvalue weighted by Gasteiger charge is -2.09. The van der Waals surface area contributed by atoms with Gasteiger partial charge >= 0.3 is 0 Å². The molecular weight excluding hydrogens is 244 g/mol. The molecule has 1 aromatic carbocycles. The topological polar surface area (TPSA) is 29.1 Å². The van der Waals surface area contributed by atoms with E-state index in [0.29, 0.717) is 15.7 Å². The number of carbonyl (C=O) groups excluding carboxylic acids is 1. The summed E-state index contributed by atoms with van der Waals surface area (Å²) in [5, 5.41) is 2.70. The van der Waals surface area contributed by atoms with Gasteiger partial charge in [-0.25, -0.2) is 0 Å². The maximum atomic E-state index is 11.3. The van der Waals surface area contributed by atoms with Crippen LogP contribution in [-0.4, -0.2) is 11.3 Å². The highest BCUT2D eigenvalue weighted by Crippen LogP contribution is 2.29. The van der Waals surface area contributed by atoms with Gasteiger partial charge in [0.2, 0.25) is 5.91 Å². The second-order valence-corrected chi connectivity index (χ2v) is 4.17. The maximum Gasteiger partial charge on any atom is 0.242 e. The van der Waals surface area contributed by atoms with Crippen molar-refractivity contribution in [3.8, 4) is 0 Å². The Morgan fingerprint density at radius 2 is 1.86 bits per heavy atom. The van der Waals surface area contributed by atoms with Gasteiger partial charge in [-0.05, 0) is 19.1 Å². The Labute approximate surface area is 97.1 Å². The summed E-state index contributed by atoms with van der Waals surface area (Å²) in [6.45, 7) is 1.57. The minimum atomic E-state index is -0.623. The Balaban J connectivity index is 2.91. The minimum Gasteiger partial charge on any atom is -0.322 e. The molecule has 1 atom stereocenters. The summed E-state index contributed by atoms with van der Waals surface area (Å²) in [5.41, 5.74) is 0.397. The van der Waals surface area contributed by atoms with Gasteiger partial charge in [-0.1, -0.05) is 29.3 Å². The van der Waals surface area contributed by atoms with Crippen LogP contribution in [0.2, 0.25) is 10.0 Å². The van der Waals surface area contributed by atoms with Crippen molar-refractivity contribution in [3.05, 3.63) is 28.2 Å². The van der Waals surface area contributed by atoms with Gasteiger partial charge in [0.25, 0.3) is 0 Å². The van der Waals surface area contributed by atoms with E-state index in [9.17, 15) is 4.79 Å². The maximum absolute atomic E-state index is 11.3. The van der Waals surface area contributed by atoms with Crippen molar-refractivity contribution in [2.24, 2.45) is 0 Å². The molecule has 0 saturated carbocycles. The van der Waals surface area contributed by atoms with Gasteiger partial charge in [-0.15, -0.1) is 11.6 Å². The number of nitrogens with one attached hydrogen (secondary N) is 1. The van der Waals surface area contributed by atoms with Crippen LogP contribution in [0, 0.1) is 0 Å². The molecule has 0 aliphatic rings. The average Bonchev–Trinajstić information content (AvgIpc) is 2.11.